The van der Waals surface area contributed by atoms with Gasteiger partial charge in [0.25, 0.3) is 0 Å². The summed E-state index contributed by atoms with van der Waals surface area (Å²) >= 11 is 5.30. The summed E-state index contributed by atoms with van der Waals surface area (Å²) in [4.78, 5) is 10.7. The van der Waals surface area contributed by atoms with Gasteiger partial charge in [0.1, 0.15) is 0 Å². The largest absolute Gasteiger partial charge is 0.276 e. The molecule has 0 aliphatic carbocycles. The highest BCUT2D eigenvalue weighted by molar-refractivity contribution is 6.66. The van der Waals surface area contributed by atoms with Crippen molar-refractivity contribution in [1.29, 1.82) is 0 Å². The highest BCUT2D eigenvalue weighted by Gasteiger charge is 2.01. The number of hydrogen-bond acceptors (Lipinski definition) is 1. The molecule has 1 nitrogen and oxygen atoms in total. The van der Waals surface area contributed by atoms with Crippen LogP contribution in [0, 0.1) is 0 Å². The van der Waals surface area contributed by atoms with Crippen molar-refractivity contribution in [3.63, 3.8) is 0 Å². The van der Waals surface area contributed by atoms with E-state index >= 15 is 0 Å². The highest BCUT2D eigenvalue weighted by Crippen LogP contribution is 2.24. The van der Waals surface area contributed by atoms with Crippen molar-refractivity contribution < 1.29 is 4.79 Å². The molecule has 84 valence electrons. The van der Waals surface area contributed by atoms with E-state index in [4.69, 9.17) is 11.6 Å². The Kier molecular flexibility index (Phi) is 3.73. The molecule has 2 aromatic rings. The Morgan fingerprint density at radius 3 is 2.29 bits per heavy atom. The summed E-state index contributed by atoms with van der Waals surface area (Å²) in [6.45, 7) is 0. The molecular formula is C15H11ClO. The van der Waals surface area contributed by atoms with Gasteiger partial charge in [0, 0.05) is 0 Å². The Balaban J connectivity index is 2.45. The number of carbonyl (C=O) groups is 1. The molecule has 0 aliphatic heterocycles. The zero-order chi connectivity index (χ0) is 12.1. The summed E-state index contributed by atoms with van der Waals surface area (Å²) in [5.74, 6) is 0. The maximum atomic E-state index is 10.7. The second kappa shape index (κ2) is 5.46. The molecule has 0 fully saturated rings. The van der Waals surface area contributed by atoms with Crippen LogP contribution < -0.4 is 0 Å². The van der Waals surface area contributed by atoms with Gasteiger partial charge in [-0.3, -0.25) is 4.79 Å². The Bertz CT molecular complexity index is 544. The van der Waals surface area contributed by atoms with Crippen LogP contribution in [-0.4, -0.2) is 5.24 Å². The first kappa shape index (κ1) is 11.6. The predicted octanol–water partition coefficient (Wildman–Crippen LogP) is 4.13. The third-order valence-electron chi connectivity index (χ3n) is 2.44. The first-order valence-electron chi connectivity index (χ1n) is 5.29. The molecule has 0 N–H and O–H groups in total. The van der Waals surface area contributed by atoms with Gasteiger partial charge in [-0.1, -0.05) is 54.6 Å². The van der Waals surface area contributed by atoms with E-state index in [1.54, 1.807) is 6.08 Å². The smallest absolute Gasteiger partial charge is 0.245 e. The van der Waals surface area contributed by atoms with Gasteiger partial charge in [-0.05, 0) is 40.4 Å². The number of hydrogen-bond donors (Lipinski definition) is 0. The van der Waals surface area contributed by atoms with Crippen molar-refractivity contribution in [3.8, 4) is 11.1 Å². The second-order valence-electron chi connectivity index (χ2n) is 3.59. The normalized spacial score (nSPS) is 10.6. The van der Waals surface area contributed by atoms with E-state index in [1.165, 1.54) is 6.08 Å². The summed E-state index contributed by atoms with van der Waals surface area (Å²) in [5, 5.41) is -0.465. The second-order valence-corrected chi connectivity index (χ2v) is 3.96. The van der Waals surface area contributed by atoms with E-state index in [0.717, 1.165) is 16.7 Å². The Labute approximate surface area is 105 Å². The van der Waals surface area contributed by atoms with Crippen LogP contribution in [0.3, 0.4) is 0 Å². The van der Waals surface area contributed by atoms with Gasteiger partial charge >= 0.3 is 0 Å². The molecule has 0 heterocycles. The van der Waals surface area contributed by atoms with E-state index in [9.17, 15) is 4.79 Å². The summed E-state index contributed by atoms with van der Waals surface area (Å²) < 4.78 is 0. The van der Waals surface area contributed by atoms with E-state index in [1.807, 2.05) is 54.6 Å². The van der Waals surface area contributed by atoms with Gasteiger partial charge in [0.15, 0.2) is 0 Å². The maximum Gasteiger partial charge on any atom is 0.245 e. The summed E-state index contributed by atoms with van der Waals surface area (Å²) in [6, 6.07) is 17.9. The summed E-state index contributed by atoms with van der Waals surface area (Å²) in [6.07, 6.45) is 3.10. The molecular weight excluding hydrogens is 232 g/mol. The van der Waals surface area contributed by atoms with Crippen molar-refractivity contribution in [2.24, 2.45) is 0 Å². The lowest BCUT2D eigenvalue weighted by Gasteiger charge is -2.05. The van der Waals surface area contributed by atoms with Gasteiger partial charge in [0.2, 0.25) is 5.24 Å². The van der Waals surface area contributed by atoms with E-state index in [-0.39, 0.29) is 0 Å². The molecule has 0 radical (unpaired) electrons. The number of allylic oxidation sites excluding steroid dienone is 1. The molecule has 0 spiro atoms. The Morgan fingerprint density at radius 1 is 0.941 bits per heavy atom. The van der Waals surface area contributed by atoms with Crippen LogP contribution in [0.2, 0.25) is 0 Å². The average Bonchev–Trinajstić information content (AvgIpc) is 2.38. The first-order chi connectivity index (χ1) is 8.27. The minimum atomic E-state index is -0.465. The van der Waals surface area contributed by atoms with Gasteiger partial charge in [-0.15, -0.1) is 0 Å². The predicted molar refractivity (Wildman–Crippen MR) is 71.8 cm³/mol. The lowest BCUT2D eigenvalue weighted by Crippen LogP contribution is -1.83. The monoisotopic (exact) mass is 242 g/mol. The SMILES string of the molecule is O=C(Cl)C=Cc1ccccc1-c1ccccc1. The van der Waals surface area contributed by atoms with Gasteiger partial charge in [0.05, 0.1) is 0 Å². The van der Waals surface area contributed by atoms with E-state index in [2.05, 4.69) is 0 Å². The molecule has 0 saturated heterocycles. The molecule has 0 amide bonds. The molecule has 2 rings (SSSR count). The summed E-state index contributed by atoms with van der Waals surface area (Å²) in [7, 11) is 0. The number of rotatable bonds is 3. The van der Waals surface area contributed by atoms with E-state index < -0.39 is 5.24 Å². The lowest BCUT2D eigenvalue weighted by atomic mass is 9.99. The van der Waals surface area contributed by atoms with Crippen molar-refractivity contribution in [1.82, 2.24) is 0 Å². The first-order valence-corrected chi connectivity index (χ1v) is 5.67. The van der Waals surface area contributed by atoms with Gasteiger partial charge < -0.3 is 0 Å². The molecule has 0 atom stereocenters. The summed E-state index contributed by atoms with van der Waals surface area (Å²) in [5.41, 5.74) is 3.18. The van der Waals surface area contributed by atoms with E-state index in [0.29, 0.717) is 0 Å². The third kappa shape index (κ3) is 3.05. The molecule has 0 aromatic heterocycles. The molecule has 0 unspecified atom stereocenters. The van der Waals surface area contributed by atoms with Crippen LogP contribution in [-0.2, 0) is 4.79 Å². The fourth-order valence-corrected chi connectivity index (χ4v) is 1.74. The quantitative estimate of drug-likeness (QED) is 0.584. The molecule has 2 aromatic carbocycles. The Morgan fingerprint density at radius 2 is 1.59 bits per heavy atom. The van der Waals surface area contributed by atoms with Gasteiger partial charge in [-0.2, -0.15) is 0 Å². The number of halogens is 1. The van der Waals surface area contributed by atoms with Gasteiger partial charge in [-0.25, -0.2) is 0 Å². The number of carbonyl (C=O) groups excluding carboxylic acids is 1. The maximum absolute atomic E-state index is 10.7. The van der Waals surface area contributed by atoms with Crippen LogP contribution in [0.25, 0.3) is 17.2 Å². The van der Waals surface area contributed by atoms with Crippen molar-refractivity contribution in [3.05, 3.63) is 66.2 Å². The van der Waals surface area contributed by atoms with Crippen LogP contribution in [0.5, 0.6) is 0 Å². The topological polar surface area (TPSA) is 17.1 Å². The minimum Gasteiger partial charge on any atom is -0.276 e. The van der Waals surface area contributed by atoms with Crippen LogP contribution in [0.15, 0.2) is 60.7 Å². The lowest BCUT2D eigenvalue weighted by molar-refractivity contribution is -0.107. The molecule has 0 aliphatic rings. The Hall–Kier alpha value is -1.86. The van der Waals surface area contributed by atoms with Crippen LogP contribution in [0.1, 0.15) is 5.56 Å². The minimum absolute atomic E-state index is 0.465. The molecule has 0 bridgehead atoms. The third-order valence-corrected chi connectivity index (χ3v) is 2.57. The van der Waals surface area contributed by atoms with Crippen molar-refractivity contribution in [2.75, 3.05) is 0 Å². The molecule has 2 heteroatoms. The molecule has 17 heavy (non-hydrogen) atoms. The highest BCUT2D eigenvalue weighted by atomic mass is 35.5. The van der Waals surface area contributed by atoms with Crippen molar-refractivity contribution in [2.45, 2.75) is 0 Å². The fraction of sp³-hybridized carbons (Fsp3) is 0. The van der Waals surface area contributed by atoms with Crippen molar-refractivity contribution >= 4 is 22.9 Å². The number of benzene rings is 2. The zero-order valence-electron chi connectivity index (χ0n) is 9.14. The zero-order valence-corrected chi connectivity index (χ0v) is 9.89. The van der Waals surface area contributed by atoms with Crippen LogP contribution in [0.4, 0.5) is 0 Å². The van der Waals surface area contributed by atoms with Crippen LogP contribution >= 0.6 is 11.6 Å². The molecule has 0 saturated carbocycles. The fourth-order valence-electron chi connectivity index (χ4n) is 1.68. The standard InChI is InChI=1S/C15H11ClO/c16-15(17)11-10-13-8-4-5-9-14(13)12-6-2-1-3-7-12/h1-11H. The average molecular weight is 243 g/mol.